The fraction of sp³-hybridized carbons (Fsp3) is 0.467. The topological polar surface area (TPSA) is 33.4 Å². The van der Waals surface area contributed by atoms with Gasteiger partial charge in [0.25, 0.3) is 0 Å². The number of fused-ring (bicyclic) bond motifs is 1. The van der Waals surface area contributed by atoms with Gasteiger partial charge in [0.15, 0.2) is 0 Å². The van der Waals surface area contributed by atoms with Crippen LogP contribution in [0.4, 0.5) is 0 Å². The van der Waals surface area contributed by atoms with Gasteiger partial charge in [-0.05, 0) is 44.4 Å². The van der Waals surface area contributed by atoms with Crippen molar-refractivity contribution in [3.8, 4) is 0 Å². The van der Waals surface area contributed by atoms with Gasteiger partial charge in [0, 0.05) is 5.39 Å². The van der Waals surface area contributed by atoms with Crippen molar-refractivity contribution in [1.29, 1.82) is 0 Å². The molecule has 0 saturated carbocycles. The number of benzene rings is 1. The number of rotatable bonds is 3. The standard InChI is InChI=1S/C15H20O2/c1-10(2)9-15(4,16)14-8-12-7-11(3)5-6-13(12)17-14/h5-8,10,16H,9H2,1-4H3. The molecule has 92 valence electrons. The Bertz CT molecular complexity index is 521. The molecule has 0 bridgehead atoms. The van der Waals surface area contributed by atoms with E-state index < -0.39 is 5.60 Å². The van der Waals surface area contributed by atoms with Crippen LogP contribution in [0.25, 0.3) is 11.0 Å². The third-order valence-corrected chi connectivity index (χ3v) is 3.01. The average molecular weight is 232 g/mol. The van der Waals surface area contributed by atoms with E-state index in [1.165, 1.54) is 5.56 Å². The first-order chi connectivity index (χ1) is 7.88. The third kappa shape index (κ3) is 2.52. The van der Waals surface area contributed by atoms with Crippen molar-refractivity contribution in [2.75, 3.05) is 0 Å². The zero-order valence-electron chi connectivity index (χ0n) is 10.9. The summed E-state index contributed by atoms with van der Waals surface area (Å²) < 4.78 is 5.74. The lowest BCUT2D eigenvalue weighted by Crippen LogP contribution is -2.22. The van der Waals surface area contributed by atoms with Crippen molar-refractivity contribution < 1.29 is 9.52 Å². The Labute approximate surface area is 102 Å². The molecule has 17 heavy (non-hydrogen) atoms. The Kier molecular flexibility index (Phi) is 3.00. The molecule has 2 aromatic rings. The number of aliphatic hydroxyl groups is 1. The second kappa shape index (κ2) is 4.19. The molecule has 0 radical (unpaired) electrons. The number of hydrogen-bond donors (Lipinski definition) is 1. The summed E-state index contributed by atoms with van der Waals surface area (Å²) >= 11 is 0. The highest BCUT2D eigenvalue weighted by atomic mass is 16.4. The first kappa shape index (κ1) is 12.2. The molecular formula is C15H20O2. The highest BCUT2D eigenvalue weighted by Crippen LogP contribution is 2.32. The molecule has 2 nitrogen and oxygen atoms in total. The highest BCUT2D eigenvalue weighted by Gasteiger charge is 2.28. The molecule has 1 aromatic heterocycles. The zero-order chi connectivity index (χ0) is 12.6. The van der Waals surface area contributed by atoms with E-state index in [9.17, 15) is 5.11 Å². The molecule has 0 amide bonds. The predicted molar refractivity (Wildman–Crippen MR) is 70.0 cm³/mol. The Morgan fingerprint density at radius 3 is 2.65 bits per heavy atom. The molecule has 1 heterocycles. The first-order valence-electron chi connectivity index (χ1n) is 6.11. The molecule has 0 fully saturated rings. The van der Waals surface area contributed by atoms with Crippen molar-refractivity contribution in [2.24, 2.45) is 5.92 Å². The van der Waals surface area contributed by atoms with Gasteiger partial charge in [0.1, 0.15) is 16.9 Å². The van der Waals surface area contributed by atoms with Gasteiger partial charge in [-0.3, -0.25) is 0 Å². The van der Waals surface area contributed by atoms with E-state index in [1.54, 1.807) is 0 Å². The largest absolute Gasteiger partial charge is 0.458 e. The molecule has 0 aliphatic heterocycles. The lowest BCUT2D eigenvalue weighted by molar-refractivity contribution is 0.0150. The van der Waals surface area contributed by atoms with Crippen LogP contribution in [0.3, 0.4) is 0 Å². The minimum absolute atomic E-state index is 0.431. The van der Waals surface area contributed by atoms with Gasteiger partial charge in [-0.1, -0.05) is 25.5 Å². The summed E-state index contributed by atoms with van der Waals surface area (Å²) in [5.41, 5.74) is 1.16. The quantitative estimate of drug-likeness (QED) is 0.867. The summed E-state index contributed by atoms with van der Waals surface area (Å²) in [5, 5.41) is 11.5. The summed E-state index contributed by atoms with van der Waals surface area (Å²) in [7, 11) is 0. The molecule has 2 heteroatoms. The summed E-state index contributed by atoms with van der Waals surface area (Å²) in [6.45, 7) is 8.07. The normalized spacial score (nSPS) is 15.4. The minimum Gasteiger partial charge on any atom is -0.458 e. The second-order valence-corrected chi connectivity index (χ2v) is 5.52. The van der Waals surface area contributed by atoms with Crippen molar-refractivity contribution in [1.82, 2.24) is 0 Å². The van der Waals surface area contributed by atoms with Crippen molar-refractivity contribution >= 4 is 11.0 Å². The first-order valence-corrected chi connectivity index (χ1v) is 6.11. The molecule has 1 unspecified atom stereocenters. The van der Waals surface area contributed by atoms with Crippen molar-refractivity contribution in [3.05, 3.63) is 35.6 Å². The van der Waals surface area contributed by atoms with Gasteiger partial charge in [0.05, 0.1) is 0 Å². The summed E-state index contributed by atoms with van der Waals surface area (Å²) in [5.74, 6) is 1.09. The van der Waals surface area contributed by atoms with Crippen LogP contribution in [0, 0.1) is 12.8 Å². The monoisotopic (exact) mass is 232 g/mol. The Balaban J connectivity index is 2.42. The number of aryl methyl sites for hydroxylation is 1. The Morgan fingerprint density at radius 2 is 2.00 bits per heavy atom. The predicted octanol–water partition coefficient (Wildman–Crippen LogP) is 3.99. The van der Waals surface area contributed by atoms with Crippen LogP contribution in [0.5, 0.6) is 0 Å². The Hall–Kier alpha value is -1.28. The third-order valence-electron chi connectivity index (χ3n) is 3.01. The average Bonchev–Trinajstić information content (AvgIpc) is 2.58. The van der Waals surface area contributed by atoms with E-state index in [0.29, 0.717) is 18.1 Å². The molecule has 1 atom stereocenters. The van der Waals surface area contributed by atoms with Gasteiger partial charge >= 0.3 is 0 Å². The Morgan fingerprint density at radius 1 is 1.29 bits per heavy atom. The van der Waals surface area contributed by atoms with E-state index >= 15 is 0 Å². The van der Waals surface area contributed by atoms with Crippen LogP contribution in [0.2, 0.25) is 0 Å². The van der Waals surface area contributed by atoms with Gasteiger partial charge in [-0.15, -0.1) is 0 Å². The number of hydrogen-bond acceptors (Lipinski definition) is 2. The maximum atomic E-state index is 10.4. The highest BCUT2D eigenvalue weighted by molar-refractivity contribution is 5.78. The maximum Gasteiger partial charge on any atom is 0.136 e. The molecular weight excluding hydrogens is 212 g/mol. The van der Waals surface area contributed by atoms with Gasteiger partial charge in [-0.25, -0.2) is 0 Å². The van der Waals surface area contributed by atoms with E-state index in [0.717, 1.165) is 11.0 Å². The molecule has 2 rings (SSSR count). The van der Waals surface area contributed by atoms with Gasteiger partial charge < -0.3 is 9.52 Å². The van der Waals surface area contributed by atoms with Crippen LogP contribution in [-0.2, 0) is 5.60 Å². The molecule has 1 aromatic carbocycles. The van der Waals surface area contributed by atoms with Crippen LogP contribution < -0.4 is 0 Å². The molecule has 1 N–H and O–H groups in total. The smallest absolute Gasteiger partial charge is 0.136 e. The van der Waals surface area contributed by atoms with Gasteiger partial charge in [-0.2, -0.15) is 0 Å². The lowest BCUT2D eigenvalue weighted by atomic mass is 9.92. The van der Waals surface area contributed by atoms with E-state index in [1.807, 2.05) is 25.1 Å². The van der Waals surface area contributed by atoms with Crippen LogP contribution in [0.1, 0.15) is 38.5 Å². The van der Waals surface area contributed by atoms with Crippen LogP contribution >= 0.6 is 0 Å². The summed E-state index contributed by atoms with van der Waals surface area (Å²) in [4.78, 5) is 0. The fourth-order valence-electron chi connectivity index (χ4n) is 2.32. The SMILES string of the molecule is Cc1ccc2oc(C(C)(O)CC(C)C)cc2c1. The van der Waals surface area contributed by atoms with E-state index in [4.69, 9.17) is 4.42 Å². The van der Waals surface area contributed by atoms with Gasteiger partial charge in [0.2, 0.25) is 0 Å². The van der Waals surface area contributed by atoms with Crippen LogP contribution in [-0.4, -0.2) is 5.11 Å². The van der Waals surface area contributed by atoms with Crippen LogP contribution in [0.15, 0.2) is 28.7 Å². The lowest BCUT2D eigenvalue weighted by Gasteiger charge is -2.22. The zero-order valence-corrected chi connectivity index (χ0v) is 10.9. The minimum atomic E-state index is -0.888. The van der Waals surface area contributed by atoms with Crippen molar-refractivity contribution in [2.45, 2.75) is 39.7 Å². The molecule has 0 saturated heterocycles. The fourth-order valence-corrected chi connectivity index (χ4v) is 2.32. The molecule has 0 aliphatic rings. The molecule has 0 aliphatic carbocycles. The summed E-state index contributed by atoms with van der Waals surface area (Å²) in [6.07, 6.45) is 0.700. The maximum absolute atomic E-state index is 10.4. The second-order valence-electron chi connectivity index (χ2n) is 5.52. The van der Waals surface area contributed by atoms with E-state index in [2.05, 4.69) is 26.8 Å². The number of furan rings is 1. The van der Waals surface area contributed by atoms with E-state index in [-0.39, 0.29) is 0 Å². The summed E-state index contributed by atoms with van der Waals surface area (Å²) in [6, 6.07) is 8.00. The van der Waals surface area contributed by atoms with Crippen molar-refractivity contribution in [3.63, 3.8) is 0 Å². The molecule has 0 spiro atoms.